The van der Waals surface area contributed by atoms with Crippen LogP contribution in [0.25, 0.3) is 0 Å². The third kappa shape index (κ3) is 2.79. The van der Waals surface area contributed by atoms with Gasteiger partial charge in [-0.15, -0.1) is 0 Å². The molecule has 2 heterocycles. The van der Waals surface area contributed by atoms with Gasteiger partial charge in [-0.3, -0.25) is 4.68 Å². The molecule has 0 saturated heterocycles. The van der Waals surface area contributed by atoms with E-state index in [1.165, 1.54) is 0 Å². The molecule has 0 fully saturated rings. The molecule has 1 atom stereocenters. The molecule has 0 aliphatic rings. The van der Waals surface area contributed by atoms with Gasteiger partial charge in [-0.05, 0) is 35.0 Å². The van der Waals surface area contributed by atoms with Crippen LogP contribution in [-0.2, 0) is 13.5 Å². The zero-order chi connectivity index (χ0) is 14.0. The van der Waals surface area contributed by atoms with Crippen molar-refractivity contribution in [3.8, 4) is 5.88 Å². The van der Waals surface area contributed by atoms with Crippen molar-refractivity contribution in [2.24, 2.45) is 7.05 Å². The predicted octanol–water partition coefficient (Wildman–Crippen LogP) is 2.17. The summed E-state index contributed by atoms with van der Waals surface area (Å²) in [5.74, 6) is 0.449. The van der Waals surface area contributed by atoms with Gasteiger partial charge in [0.2, 0.25) is 5.88 Å². The molecular formula is C13H16BrN3O2. The molecule has 0 aromatic carbocycles. The Labute approximate surface area is 120 Å². The second-order valence-electron chi connectivity index (χ2n) is 4.29. The smallest absolute Gasteiger partial charge is 0.218 e. The molecule has 0 amide bonds. The molecule has 1 unspecified atom stereocenters. The maximum absolute atomic E-state index is 10.4. The van der Waals surface area contributed by atoms with Gasteiger partial charge in [0.25, 0.3) is 0 Å². The molecule has 19 heavy (non-hydrogen) atoms. The van der Waals surface area contributed by atoms with Crippen molar-refractivity contribution in [2.45, 2.75) is 19.4 Å². The van der Waals surface area contributed by atoms with Gasteiger partial charge in [-0.25, -0.2) is 4.98 Å². The lowest BCUT2D eigenvalue weighted by molar-refractivity contribution is 0.170. The third-order valence-electron chi connectivity index (χ3n) is 3.00. The van der Waals surface area contributed by atoms with E-state index in [1.807, 2.05) is 20.0 Å². The average molecular weight is 326 g/mol. The fraction of sp³-hybridized carbons (Fsp3) is 0.385. The predicted molar refractivity (Wildman–Crippen MR) is 75.1 cm³/mol. The molecule has 1 N–H and O–H groups in total. The van der Waals surface area contributed by atoms with Crippen LogP contribution >= 0.6 is 15.9 Å². The summed E-state index contributed by atoms with van der Waals surface area (Å²) in [7, 11) is 3.41. The molecule has 2 rings (SSSR count). The molecule has 0 aliphatic heterocycles. The zero-order valence-electron chi connectivity index (χ0n) is 11.1. The van der Waals surface area contributed by atoms with Crippen LogP contribution in [0.2, 0.25) is 0 Å². The van der Waals surface area contributed by atoms with E-state index in [9.17, 15) is 5.11 Å². The Morgan fingerprint density at radius 3 is 2.84 bits per heavy atom. The fourth-order valence-corrected chi connectivity index (χ4v) is 2.52. The standard InChI is InChI=1S/C13H16BrN3O2/c1-8-12(14)10(17(2)16-8)7-11(18)9-5-4-6-15-13(9)19-3/h4-6,11,18H,7H2,1-3H3. The molecule has 0 radical (unpaired) electrons. The largest absolute Gasteiger partial charge is 0.481 e. The van der Waals surface area contributed by atoms with E-state index in [2.05, 4.69) is 26.0 Å². The molecule has 2 aromatic heterocycles. The van der Waals surface area contributed by atoms with E-state index in [4.69, 9.17) is 4.74 Å². The summed E-state index contributed by atoms with van der Waals surface area (Å²) in [5.41, 5.74) is 2.52. The number of halogens is 1. The SMILES string of the molecule is COc1ncccc1C(O)Cc1c(Br)c(C)nn1C. The first-order chi connectivity index (χ1) is 9.04. The maximum atomic E-state index is 10.4. The van der Waals surface area contributed by atoms with E-state index >= 15 is 0 Å². The highest BCUT2D eigenvalue weighted by Crippen LogP contribution is 2.29. The first-order valence-corrected chi connectivity index (χ1v) is 6.68. The number of rotatable bonds is 4. The number of ether oxygens (including phenoxy) is 1. The Morgan fingerprint density at radius 2 is 2.26 bits per heavy atom. The minimum atomic E-state index is -0.685. The second-order valence-corrected chi connectivity index (χ2v) is 5.08. The number of aryl methyl sites for hydroxylation is 2. The van der Waals surface area contributed by atoms with Crippen LogP contribution in [0.15, 0.2) is 22.8 Å². The average Bonchev–Trinajstić information content (AvgIpc) is 2.65. The summed E-state index contributed by atoms with van der Waals surface area (Å²) in [6, 6.07) is 3.60. The second kappa shape index (κ2) is 5.71. The summed E-state index contributed by atoms with van der Waals surface area (Å²) >= 11 is 3.50. The van der Waals surface area contributed by atoms with Gasteiger partial charge in [-0.2, -0.15) is 5.10 Å². The molecule has 0 aliphatic carbocycles. The van der Waals surface area contributed by atoms with Gasteiger partial charge in [0.15, 0.2) is 0 Å². The van der Waals surface area contributed by atoms with Crippen molar-refractivity contribution in [2.75, 3.05) is 7.11 Å². The van der Waals surface area contributed by atoms with Crippen LogP contribution in [0.5, 0.6) is 5.88 Å². The Bertz CT molecular complexity index is 583. The van der Waals surface area contributed by atoms with E-state index in [1.54, 1.807) is 24.1 Å². The van der Waals surface area contributed by atoms with Crippen LogP contribution in [0.1, 0.15) is 23.1 Å². The van der Waals surface area contributed by atoms with Crippen molar-refractivity contribution in [1.29, 1.82) is 0 Å². The molecule has 0 bridgehead atoms. The summed E-state index contributed by atoms with van der Waals surface area (Å²) in [5, 5.41) is 14.7. The molecule has 0 spiro atoms. The highest BCUT2D eigenvalue weighted by Gasteiger charge is 2.19. The maximum Gasteiger partial charge on any atom is 0.218 e. The lowest BCUT2D eigenvalue weighted by atomic mass is 10.1. The molecule has 6 heteroatoms. The van der Waals surface area contributed by atoms with Crippen LogP contribution in [0.4, 0.5) is 0 Å². The number of aliphatic hydroxyl groups is 1. The molecular weight excluding hydrogens is 310 g/mol. The molecule has 2 aromatic rings. The first-order valence-electron chi connectivity index (χ1n) is 5.89. The van der Waals surface area contributed by atoms with Crippen LogP contribution in [0, 0.1) is 6.92 Å². The Balaban J connectivity index is 2.28. The Hall–Kier alpha value is -1.40. The molecule has 102 valence electrons. The highest BCUT2D eigenvalue weighted by atomic mass is 79.9. The highest BCUT2D eigenvalue weighted by molar-refractivity contribution is 9.10. The minimum absolute atomic E-state index is 0.444. The van der Waals surface area contributed by atoms with Gasteiger partial charge in [0.1, 0.15) is 0 Å². The number of aromatic nitrogens is 3. The van der Waals surface area contributed by atoms with Crippen LogP contribution in [-0.4, -0.2) is 27.0 Å². The minimum Gasteiger partial charge on any atom is -0.481 e. The summed E-state index contributed by atoms with van der Waals surface area (Å²) in [6.07, 6.45) is 1.40. The zero-order valence-corrected chi connectivity index (χ0v) is 12.7. The number of aliphatic hydroxyl groups excluding tert-OH is 1. The number of methoxy groups -OCH3 is 1. The normalized spacial score (nSPS) is 12.5. The lowest BCUT2D eigenvalue weighted by Gasteiger charge is -2.14. The fourth-order valence-electron chi connectivity index (χ4n) is 2.02. The van der Waals surface area contributed by atoms with Gasteiger partial charge >= 0.3 is 0 Å². The van der Waals surface area contributed by atoms with Crippen LogP contribution in [0.3, 0.4) is 0 Å². The van der Waals surface area contributed by atoms with E-state index < -0.39 is 6.10 Å². The molecule has 5 nitrogen and oxygen atoms in total. The third-order valence-corrected chi connectivity index (χ3v) is 4.03. The van der Waals surface area contributed by atoms with E-state index in [0.29, 0.717) is 17.9 Å². The first kappa shape index (κ1) is 14.0. The van der Waals surface area contributed by atoms with E-state index in [-0.39, 0.29) is 0 Å². The number of hydrogen-bond acceptors (Lipinski definition) is 4. The Kier molecular flexibility index (Phi) is 4.21. The summed E-state index contributed by atoms with van der Waals surface area (Å²) < 4.78 is 7.86. The van der Waals surface area contributed by atoms with Crippen molar-refractivity contribution in [3.05, 3.63) is 39.8 Å². The molecule has 0 saturated carbocycles. The van der Waals surface area contributed by atoms with Gasteiger partial charge < -0.3 is 9.84 Å². The Morgan fingerprint density at radius 1 is 1.53 bits per heavy atom. The van der Waals surface area contributed by atoms with Crippen molar-refractivity contribution in [3.63, 3.8) is 0 Å². The number of hydrogen-bond donors (Lipinski definition) is 1. The quantitative estimate of drug-likeness (QED) is 0.935. The number of nitrogens with zero attached hydrogens (tertiary/aromatic N) is 3. The summed E-state index contributed by atoms with van der Waals surface area (Å²) in [6.45, 7) is 1.92. The van der Waals surface area contributed by atoms with E-state index in [0.717, 1.165) is 15.9 Å². The lowest BCUT2D eigenvalue weighted by Crippen LogP contribution is -2.08. The van der Waals surface area contributed by atoms with Gasteiger partial charge in [0.05, 0.1) is 29.1 Å². The van der Waals surface area contributed by atoms with Gasteiger partial charge in [-0.1, -0.05) is 0 Å². The number of pyridine rings is 1. The summed E-state index contributed by atoms with van der Waals surface area (Å²) in [4.78, 5) is 4.09. The van der Waals surface area contributed by atoms with Gasteiger partial charge in [0, 0.05) is 25.2 Å². The monoisotopic (exact) mass is 325 g/mol. The van der Waals surface area contributed by atoms with Crippen molar-refractivity contribution < 1.29 is 9.84 Å². The van der Waals surface area contributed by atoms with Crippen molar-refractivity contribution >= 4 is 15.9 Å². The van der Waals surface area contributed by atoms with Crippen molar-refractivity contribution in [1.82, 2.24) is 14.8 Å². The van der Waals surface area contributed by atoms with Crippen LogP contribution < -0.4 is 4.74 Å². The topological polar surface area (TPSA) is 60.2 Å².